The molecule has 4 atom stereocenters. The summed E-state index contributed by atoms with van der Waals surface area (Å²) in [4.78, 5) is 23.3. The van der Waals surface area contributed by atoms with Gasteiger partial charge in [-0.3, -0.25) is 14.9 Å². The minimum Gasteiger partial charge on any atom is -0.296 e. The van der Waals surface area contributed by atoms with Crippen LogP contribution >= 0.6 is 0 Å². The molecule has 4 rings (SSSR count). The highest BCUT2D eigenvalue weighted by molar-refractivity contribution is 6.05. The zero-order valence-corrected chi connectivity index (χ0v) is 8.16. The molecule has 2 amide bonds. The van der Waals surface area contributed by atoms with Crippen LogP contribution in [-0.2, 0) is 9.59 Å². The standard InChI is InChI=1S/C11H15NO2/c13-10-8-6-2-1-3-7(5-4-6)9(8)11(14)12-10/h6-9H,1-5H2,(H,12,13,14). The Morgan fingerprint density at radius 3 is 1.86 bits per heavy atom. The van der Waals surface area contributed by atoms with Gasteiger partial charge >= 0.3 is 0 Å². The molecule has 3 saturated carbocycles. The number of carbonyl (C=O) groups excluding carboxylic acids is 2. The van der Waals surface area contributed by atoms with Gasteiger partial charge in [0.05, 0.1) is 11.8 Å². The molecule has 4 aliphatic rings. The van der Waals surface area contributed by atoms with Gasteiger partial charge in [-0.1, -0.05) is 6.42 Å². The topological polar surface area (TPSA) is 46.2 Å². The summed E-state index contributed by atoms with van der Waals surface area (Å²) in [6, 6.07) is 0. The lowest BCUT2D eigenvalue weighted by molar-refractivity contribution is -0.126. The van der Waals surface area contributed by atoms with Crippen LogP contribution in [0.15, 0.2) is 0 Å². The van der Waals surface area contributed by atoms with E-state index < -0.39 is 0 Å². The lowest BCUT2D eigenvalue weighted by Crippen LogP contribution is -2.34. The number of carbonyl (C=O) groups is 2. The molecule has 0 spiro atoms. The number of rotatable bonds is 0. The summed E-state index contributed by atoms with van der Waals surface area (Å²) in [5.74, 6) is 1.07. The Balaban J connectivity index is 2.00. The number of amides is 2. The SMILES string of the molecule is O=C1NC(=O)C2C3CCCC(CC3)C12. The van der Waals surface area contributed by atoms with Gasteiger partial charge in [0, 0.05) is 0 Å². The van der Waals surface area contributed by atoms with E-state index in [2.05, 4.69) is 5.32 Å². The quantitative estimate of drug-likeness (QED) is 0.585. The summed E-state index contributed by atoms with van der Waals surface area (Å²) in [5.41, 5.74) is 0. The largest absolute Gasteiger partial charge is 0.296 e. The van der Waals surface area contributed by atoms with Crippen LogP contribution in [0.3, 0.4) is 0 Å². The van der Waals surface area contributed by atoms with Crippen molar-refractivity contribution in [2.24, 2.45) is 23.7 Å². The Bertz CT molecular complexity index is 268. The van der Waals surface area contributed by atoms with Gasteiger partial charge in [0.15, 0.2) is 0 Å². The van der Waals surface area contributed by atoms with Crippen molar-refractivity contribution >= 4 is 11.8 Å². The van der Waals surface area contributed by atoms with Crippen LogP contribution in [0.5, 0.6) is 0 Å². The Morgan fingerprint density at radius 1 is 0.857 bits per heavy atom. The van der Waals surface area contributed by atoms with Crippen LogP contribution in [0.1, 0.15) is 32.1 Å². The molecule has 0 aromatic heterocycles. The first kappa shape index (κ1) is 8.45. The van der Waals surface area contributed by atoms with Crippen molar-refractivity contribution in [3.05, 3.63) is 0 Å². The van der Waals surface area contributed by atoms with E-state index in [0.29, 0.717) is 11.8 Å². The van der Waals surface area contributed by atoms with E-state index in [1.54, 1.807) is 0 Å². The van der Waals surface area contributed by atoms with E-state index in [0.717, 1.165) is 25.7 Å². The van der Waals surface area contributed by atoms with Gasteiger partial charge in [-0.05, 0) is 37.5 Å². The lowest BCUT2D eigenvalue weighted by Gasteiger charge is -2.32. The van der Waals surface area contributed by atoms with Crippen molar-refractivity contribution in [2.75, 3.05) is 0 Å². The summed E-state index contributed by atoms with van der Waals surface area (Å²) < 4.78 is 0. The maximum atomic E-state index is 11.6. The van der Waals surface area contributed by atoms with E-state index >= 15 is 0 Å². The monoisotopic (exact) mass is 193 g/mol. The van der Waals surface area contributed by atoms with Crippen molar-refractivity contribution in [2.45, 2.75) is 32.1 Å². The van der Waals surface area contributed by atoms with Gasteiger partial charge in [0.2, 0.25) is 11.8 Å². The van der Waals surface area contributed by atoms with E-state index in [1.165, 1.54) is 6.42 Å². The third-order valence-corrected chi connectivity index (χ3v) is 4.31. The first-order valence-electron chi connectivity index (χ1n) is 5.62. The molecule has 0 aromatic rings. The molecule has 76 valence electrons. The second-order valence-electron chi connectivity index (χ2n) is 4.93. The number of hydrogen-bond acceptors (Lipinski definition) is 2. The second-order valence-corrected chi connectivity index (χ2v) is 4.93. The van der Waals surface area contributed by atoms with Crippen molar-refractivity contribution in [1.82, 2.24) is 5.32 Å². The molecule has 1 heterocycles. The van der Waals surface area contributed by atoms with Crippen LogP contribution in [0.4, 0.5) is 0 Å². The Morgan fingerprint density at radius 2 is 1.36 bits per heavy atom. The van der Waals surface area contributed by atoms with E-state index in [4.69, 9.17) is 0 Å². The summed E-state index contributed by atoms with van der Waals surface area (Å²) in [6.45, 7) is 0. The number of imide groups is 1. The molecule has 3 aliphatic carbocycles. The van der Waals surface area contributed by atoms with Crippen LogP contribution < -0.4 is 5.32 Å². The highest BCUT2D eigenvalue weighted by atomic mass is 16.2. The summed E-state index contributed by atoms with van der Waals surface area (Å²) >= 11 is 0. The second kappa shape index (κ2) is 2.81. The van der Waals surface area contributed by atoms with Gasteiger partial charge in [-0.15, -0.1) is 0 Å². The zero-order valence-electron chi connectivity index (χ0n) is 8.16. The maximum Gasteiger partial charge on any atom is 0.230 e. The number of fused-ring (bicyclic) bond motifs is 3. The molecule has 4 unspecified atom stereocenters. The van der Waals surface area contributed by atoms with Gasteiger partial charge in [0.25, 0.3) is 0 Å². The molecule has 1 N–H and O–H groups in total. The smallest absolute Gasteiger partial charge is 0.230 e. The highest BCUT2D eigenvalue weighted by Gasteiger charge is 2.52. The van der Waals surface area contributed by atoms with Crippen molar-refractivity contribution < 1.29 is 9.59 Å². The summed E-state index contributed by atoms with van der Waals surface area (Å²) in [6.07, 6.45) is 5.83. The van der Waals surface area contributed by atoms with Gasteiger partial charge in [-0.25, -0.2) is 0 Å². The Labute approximate surface area is 83.2 Å². The minimum atomic E-state index is 0.0107. The molecule has 1 saturated heterocycles. The fourth-order valence-corrected chi connectivity index (χ4v) is 3.71. The van der Waals surface area contributed by atoms with Crippen molar-refractivity contribution in [3.8, 4) is 0 Å². The van der Waals surface area contributed by atoms with Gasteiger partial charge in [-0.2, -0.15) is 0 Å². The molecule has 14 heavy (non-hydrogen) atoms. The zero-order chi connectivity index (χ0) is 9.71. The average Bonchev–Trinajstić information content (AvgIpc) is 2.42. The fourth-order valence-electron chi connectivity index (χ4n) is 3.71. The van der Waals surface area contributed by atoms with Crippen LogP contribution in [0.25, 0.3) is 0 Å². The summed E-state index contributed by atoms with van der Waals surface area (Å²) in [5, 5.41) is 2.51. The predicted octanol–water partition coefficient (Wildman–Crippen LogP) is 1.09. The molecular weight excluding hydrogens is 178 g/mol. The summed E-state index contributed by atoms with van der Waals surface area (Å²) in [7, 11) is 0. The number of hydrogen-bond donors (Lipinski definition) is 1. The molecule has 0 radical (unpaired) electrons. The Kier molecular flexibility index (Phi) is 1.70. The molecule has 3 heteroatoms. The highest BCUT2D eigenvalue weighted by Crippen LogP contribution is 2.48. The minimum absolute atomic E-state index is 0.0107. The average molecular weight is 193 g/mol. The van der Waals surface area contributed by atoms with E-state index in [1.807, 2.05) is 0 Å². The third-order valence-electron chi connectivity index (χ3n) is 4.31. The van der Waals surface area contributed by atoms with Crippen LogP contribution in [-0.4, -0.2) is 11.8 Å². The van der Waals surface area contributed by atoms with Crippen LogP contribution in [0.2, 0.25) is 0 Å². The number of nitrogens with one attached hydrogen (secondary N) is 1. The lowest BCUT2D eigenvalue weighted by atomic mass is 9.69. The van der Waals surface area contributed by atoms with Crippen molar-refractivity contribution in [3.63, 3.8) is 0 Å². The molecular formula is C11H15NO2. The molecule has 4 fully saturated rings. The molecule has 1 aliphatic heterocycles. The third kappa shape index (κ3) is 0.983. The first-order valence-corrected chi connectivity index (χ1v) is 5.62. The predicted molar refractivity (Wildman–Crippen MR) is 50.2 cm³/mol. The Hall–Kier alpha value is -0.860. The van der Waals surface area contributed by atoms with E-state index in [9.17, 15) is 9.59 Å². The van der Waals surface area contributed by atoms with Crippen molar-refractivity contribution in [1.29, 1.82) is 0 Å². The van der Waals surface area contributed by atoms with Gasteiger partial charge < -0.3 is 0 Å². The van der Waals surface area contributed by atoms with E-state index in [-0.39, 0.29) is 23.7 Å². The molecule has 2 bridgehead atoms. The first-order chi connectivity index (χ1) is 6.77. The van der Waals surface area contributed by atoms with Crippen LogP contribution in [0, 0.1) is 23.7 Å². The normalized spacial score (nSPS) is 46.0. The molecule has 3 nitrogen and oxygen atoms in total. The fraction of sp³-hybridized carbons (Fsp3) is 0.818. The van der Waals surface area contributed by atoms with Gasteiger partial charge in [0.1, 0.15) is 0 Å². The maximum absolute atomic E-state index is 11.6. The molecule has 0 aromatic carbocycles.